The van der Waals surface area contributed by atoms with Crippen LogP contribution in [0.5, 0.6) is 0 Å². The van der Waals surface area contributed by atoms with Crippen LogP contribution in [-0.4, -0.2) is 39.7 Å². The molecule has 5 nitrogen and oxygen atoms in total. The number of carbonyl (C=O) groups is 1. The highest BCUT2D eigenvalue weighted by molar-refractivity contribution is 5.85. The van der Waals surface area contributed by atoms with Crippen LogP contribution in [-0.2, 0) is 18.3 Å². The number of amides is 1. The normalized spacial score (nSPS) is 26.5. The number of carbonyl (C=O) groups excluding carboxylic acids is 1. The smallest absolute Gasteiger partial charge is 0.228 e. The summed E-state index contributed by atoms with van der Waals surface area (Å²) < 4.78 is 1.83. The molecule has 2 aliphatic carbocycles. The van der Waals surface area contributed by atoms with Crippen molar-refractivity contribution in [1.82, 2.24) is 20.0 Å². The fraction of sp³-hybridized carbons (Fsp3) is 0.524. The Balaban J connectivity index is 0.00000180. The number of aromatic nitrogens is 2. The van der Waals surface area contributed by atoms with Gasteiger partial charge < -0.3 is 10.2 Å². The first-order chi connectivity index (χ1) is 12.7. The van der Waals surface area contributed by atoms with Crippen molar-refractivity contribution in [3.05, 3.63) is 53.3 Å². The third-order valence-corrected chi connectivity index (χ3v) is 6.32. The van der Waals surface area contributed by atoms with Gasteiger partial charge in [0.2, 0.25) is 5.91 Å². The monoisotopic (exact) mass is 386 g/mol. The van der Waals surface area contributed by atoms with Gasteiger partial charge in [0.15, 0.2) is 0 Å². The number of halogens is 1. The Morgan fingerprint density at radius 3 is 2.78 bits per heavy atom. The molecule has 1 saturated heterocycles. The lowest BCUT2D eigenvalue weighted by Gasteiger charge is -2.33. The molecule has 2 aromatic rings. The number of benzene rings is 1. The van der Waals surface area contributed by atoms with Crippen LogP contribution in [0.3, 0.4) is 0 Å². The Morgan fingerprint density at radius 2 is 2.04 bits per heavy atom. The lowest BCUT2D eigenvalue weighted by atomic mass is 9.89. The Labute approximate surface area is 166 Å². The highest BCUT2D eigenvalue weighted by Crippen LogP contribution is 2.44. The van der Waals surface area contributed by atoms with E-state index in [0.717, 1.165) is 38.8 Å². The van der Waals surface area contributed by atoms with E-state index in [2.05, 4.69) is 45.8 Å². The molecule has 1 aromatic carbocycles. The second-order valence-electron chi connectivity index (χ2n) is 8.05. The summed E-state index contributed by atoms with van der Waals surface area (Å²) in [6.45, 7) is 1.64. The van der Waals surface area contributed by atoms with E-state index < -0.39 is 0 Å². The molecule has 1 unspecified atom stereocenters. The van der Waals surface area contributed by atoms with Crippen LogP contribution in [0.15, 0.2) is 36.7 Å². The molecule has 0 spiro atoms. The summed E-state index contributed by atoms with van der Waals surface area (Å²) in [5, 5.41) is 7.77. The molecule has 27 heavy (non-hydrogen) atoms. The third-order valence-electron chi connectivity index (χ3n) is 6.32. The average Bonchev–Trinajstić information content (AvgIpc) is 3.05. The summed E-state index contributed by atoms with van der Waals surface area (Å²) in [6, 6.07) is 9.38. The quantitative estimate of drug-likeness (QED) is 0.879. The van der Waals surface area contributed by atoms with Crippen molar-refractivity contribution in [3.8, 4) is 0 Å². The molecule has 2 heterocycles. The van der Waals surface area contributed by atoms with E-state index in [1.54, 1.807) is 0 Å². The molecule has 1 aliphatic heterocycles. The summed E-state index contributed by atoms with van der Waals surface area (Å²) in [5.74, 6) is 0.592. The van der Waals surface area contributed by atoms with Crippen molar-refractivity contribution in [3.63, 3.8) is 0 Å². The van der Waals surface area contributed by atoms with Crippen molar-refractivity contribution in [1.29, 1.82) is 0 Å². The Bertz CT molecular complexity index is 831. The highest BCUT2D eigenvalue weighted by atomic mass is 35.5. The van der Waals surface area contributed by atoms with Gasteiger partial charge in [0.1, 0.15) is 0 Å². The molecule has 2 fully saturated rings. The zero-order valence-electron chi connectivity index (χ0n) is 15.7. The molecule has 0 bridgehead atoms. The first-order valence-corrected chi connectivity index (χ1v) is 9.81. The average molecular weight is 387 g/mol. The number of hydrogen-bond donors (Lipinski definition) is 1. The van der Waals surface area contributed by atoms with Gasteiger partial charge in [-0.05, 0) is 42.4 Å². The molecule has 1 aromatic heterocycles. The molecule has 5 rings (SSSR count). The van der Waals surface area contributed by atoms with E-state index >= 15 is 0 Å². The molecule has 3 atom stereocenters. The summed E-state index contributed by atoms with van der Waals surface area (Å²) >= 11 is 0. The van der Waals surface area contributed by atoms with Gasteiger partial charge in [0, 0.05) is 38.3 Å². The molecule has 0 radical (unpaired) electrons. The standard InChI is InChI=1S/C21H26N4O.ClH/c1-24-13-15(10-23-24)18-11-22-12-19(18)21(26)25(16-7-8-16)20-9-6-14-4-2-3-5-17(14)20;/h2-5,10,13,16,18-20,22H,6-9,11-12H2,1H3;1H/t18-,19+,20?;/m1./s1. The maximum Gasteiger partial charge on any atom is 0.228 e. The van der Waals surface area contributed by atoms with E-state index in [1.165, 1.54) is 16.7 Å². The second kappa shape index (κ2) is 7.28. The first kappa shape index (κ1) is 18.5. The summed E-state index contributed by atoms with van der Waals surface area (Å²) in [5.41, 5.74) is 3.97. The Morgan fingerprint density at radius 1 is 1.22 bits per heavy atom. The Hall–Kier alpha value is -1.85. The van der Waals surface area contributed by atoms with E-state index in [4.69, 9.17) is 0 Å². The van der Waals surface area contributed by atoms with Gasteiger partial charge in [-0.2, -0.15) is 5.10 Å². The predicted octanol–water partition coefficient (Wildman–Crippen LogP) is 2.82. The molecule has 1 N–H and O–H groups in total. The zero-order valence-corrected chi connectivity index (χ0v) is 16.5. The van der Waals surface area contributed by atoms with Crippen LogP contribution in [0.4, 0.5) is 0 Å². The van der Waals surface area contributed by atoms with Gasteiger partial charge in [-0.15, -0.1) is 12.4 Å². The van der Waals surface area contributed by atoms with Gasteiger partial charge in [-0.3, -0.25) is 9.48 Å². The van der Waals surface area contributed by atoms with Crippen molar-refractivity contribution < 1.29 is 4.79 Å². The van der Waals surface area contributed by atoms with Gasteiger partial charge in [-0.25, -0.2) is 0 Å². The SMILES string of the molecule is Cl.Cn1cc([C@H]2CNC[C@@H]2C(=O)N(C2CC2)C2CCc3ccccc32)cn1. The van der Waals surface area contributed by atoms with E-state index in [-0.39, 0.29) is 30.3 Å². The van der Waals surface area contributed by atoms with Gasteiger partial charge in [0.25, 0.3) is 0 Å². The molecule has 144 valence electrons. The third kappa shape index (κ3) is 3.27. The molecule has 3 aliphatic rings. The number of fused-ring (bicyclic) bond motifs is 1. The largest absolute Gasteiger partial charge is 0.332 e. The van der Waals surface area contributed by atoms with Crippen LogP contribution in [0, 0.1) is 5.92 Å². The van der Waals surface area contributed by atoms with Crippen LogP contribution < -0.4 is 5.32 Å². The van der Waals surface area contributed by atoms with E-state index in [9.17, 15) is 4.79 Å². The molecule has 6 heteroatoms. The molecule has 1 amide bonds. The minimum Gasteiger partial charge on any atom is -0.332 e. The topological polar surface area (TPSA) is 50.2 Å². The summed E-state index contributed by atoms with van der Waals surface area (Å²) in [6.07, 6.45) is 8.45. The van der Waals surface area contributed by atoms with Crippen molar-refractivity contribution in [2.24, 2.45) is 13.0 Å². The van der Waals surface area contributed by atoms with Crippen molar-refractivity contribution >= 4 is 18.3 Å². The van der Waals surface area contributed by atoms with Crippen molar-refractivity contribution in [2.45, 2.75) is 43.7 Å². The number of nitrogens with zero attached hydrogens (tertiary/aromatic N) is 3. The maximum atomic E-state index is 13.7. The molecular weight excluding hydrogens is 360 g/mol. The van der Waals surface area contributed by atoms with E-state index in [0.29, 0.717) is 11.9 Å². The number of rotatable bonds is 4. The summed E-state index contributed by atoms with van der Waals surface area (Å²) in [4.78, 5) is 15.9. The minimum absolute atomic E-state index is 0. The van der Waals surface area contributed by atoms with Crippen LogP contribution in [0.25, 0.3) is 0 Å². The molecule has 1 saturated carbocycles. The van der Waals surface area contributed by atoms with Crippen molar-refractivity contribution in [2.75, 3.05) is 13.1 Å². The number of nitrogens with one attached hydrogen (secondary N) is 1. The highest BCUT2D eigenvalue weighted by Gasteiger charge is 2.45. The zero-order chi connectivity index (χ0) is 17.7. The van der Waals surface area contributed by atoms with Crippen LogP contribution in [0.1, 0.15) is 47.9 Å². The fourth-order valence-electron chi connectivity index (χ4n) is 4.88. The number of aryl methyl sites for hydroxylation is 2. The number of hydrogen-bond acceptors (Lipinski definition) is 3. The minimum atomic E-state index is 0. The summed E-state index contributed by atoms with van der Waals surface area (Å²) in [7, 11) is 1.94. The lowest BCUT2D eigenvalue weighted by molar-refractivity contribution is -0.138. The molecular formula is C21H27ClN4O. The first-order valence-electron chi connectivity index (χ1n) is 9.81. The fourth-order valence-corrected chi connectivity index (χ4v) is 4.88. The van der Waals surface area contributed by atoms with Crippen LogP contribution in [0.2, 0.25) is 0 Å². The Kier molecular flexibility index (Phi) is 4.99. The van der Waals surface area contributed by atoms with Gasteiger partial charge in [0.05, 0.1) is 18.2 Å². The second-order valence-corrected chi connectivity index (χ2v) is 8.05. The lowest BCUT2D eigenvalue weighted by Crippen LogP contribution is -2.42. The van der Waals surface area contributed by atoms with Gasteiger partial charge >= 0.3 is 0 Å². The maximum absolute atomic E-state index is 13.7. The van der Waals surface area contributed by atoms with Crippen LogP contribution >= 0.6 is 12.4 Å². The van der Waals surface area contributed by atoms with Gasteiger partial charge in [-0.1, -0.05) is 24.3 Å². The van der Waals surface area contributed by atoms with E-state index in [1.807, 2.05) is 17.9 Å². The predicted molar refractivity (Wildman–Crippen MR) is 107 cm³/mol.